The van der Waals surface area contributed by atoms with E-state index in [9.17, 15) is 14.3 Å². The first-order valence-electron chi connectivity index (χ1n) is 10.5. The Morgan fingerprint density at radius 2 is 1.79 bits per heavy atom. The molecule has 6 heteroatoms. The predicted molar refractivity (Wildman–Crippen MR) is 119 cm³/mol. The summed E-state index contributed by atoms with van der Waals surface area (Å²) in [5.74, 6) is 0.409. The van der Waals surface area contributed by atoms with Crippen molar-refractivity contribution >= 4 is 18.3 Å². The highest BCUT2D eigenvalue weighted by Crippen LogP contribution is 2.31. The van der Waals surface area contributed by atoms with Crippen molar-refractivity contribution in [3.8, 4) is 0 Å². The van der Waals surface area contributed by atoms with E-state index in [4.69, 9.17) is 0 Å². The molecule has 3 N–H and O–H groups in total. The van der Waals surface area contributed by atoms with Crippen molar-refractivity contribution in [1.29, 1.82) is 0 Å². The van der Waals surface area contributed by atoms with E-state index >= 15 is 0 Å². The van der Waals surface area contributed by atoms with Gasteiger partial charge in [-0.05, 0) is 69.6 Å². The monoisotopic (exact) mass is 428 g/mol. The summed E-state index contributed by atoms with van der Waals surface area (Å²) in [6.07, 6.45) is 4.55. The third kappa shape index (κ3) is 8.61. The van der Waals surface area contributed by atoms with Crippen LogP contribution in [0.5, 0.6) is 0 Å². The van der Waals surface area contributed by atoms with Gasteiger partial charge in [0, 0.05) is 23.5 Å². The molecule has 4 nitrogen and oxygen atoms in total. The number of amides is 1. The van der Waals surface area contributed by atoms with Crippen LogP contribution in [0.25, 0.3) is 0 Å². The van der Waals surface area contributed by atoms with E-state index in [1.165, 1.54) is 12.1 Å². The lowest BCUT2D eigenvalue weighted by Gasteiger charge is -2.36. The molecule has 1 fully saturated rings. The predicted octanol–water partition coefficient (Wildman–Crippen LogP) is 4.76. The minimum absolute atomic E-state index is 0. The molecule has 0 spiro atoms. The van der Waals surface area contributed by atoms with Crippen LogP contribution in [0.2, 0.25) is 0 Å². The molecule has 0 saturated heterocycles. The van der Waals surface area contributed by atoms with Crippen molar-refractivity contribution in [2.45, 2.75) is 84.4 Å². The van der Waals surface area contributed by atoms with Crippen LogP contribution in [-0.4, -0.2) is 29.1 Å². The van der Waals surface area contributed by atoms with Crippen molar-refractivity contribution in [3.63, 3.8) is 0 Å². The topological polar surface area (TPSA) is 61.4 Å². The van der Waals surface area contributed by atoms with Gasteiger partial charge in [0.25, 0.3) is 0 Å². The molecule has 0 unspecified atom stereocenters. The first-order valence-corrected chi connectivity index (χ1v) is 10.5. The number of carbonyl (C=O) groups is 1. The Kier molecular flexibility index (Phi) is 9.58. The highest BCUT2D eigenvalue weighted by molar-refractivity contribution is 5.85. The van der Waals surface area contributed by atoms with E-state index in [0.717, 1.165) is 32.1 Å². The molecular formula is C23H38ClFN2O2. The molecule has 1 saturated carbocycles. The molecule has 1 aliphatic carbocycles. The number of hydrogen-bond acceptors (Lipinski definition) is 3. The van der Waals surface area contributed by atoms with Gasteiger partial charge in [-0.25, -0.2) is 4.39 Å². The Labute approximate surface area is 181 Å². The van der Waals surface area contributed by atoms with Crippen LogP contribution in [0.3, 0.4) is 0 Å². The Bertz CT molecular complexity index is 653. The second kappa shape index (κ2) is 10.7. The summed E-state index contributed by atoms with van der Waals surface area (Å²) in [7, 11) is 0. The molecule has 1 aliphatic rings. The van der Waals surface area contributed by atoms with Crippen molar-refractivity contribution in [2.24, 2.45) is 11.3 Å². The van der Waals surface area contributed by atoms with E-state index in [0.29, 0.717) is 18.0 Å². The van der Waals surface area contributed by atoms with Gasteiger partial charge >= 0.3 is 0 Å². The Morgan fingerprint density at radius 1 is 1.17 bits per heavy atom. The van der Waals surface area contributed by atoms with Crippen molar-refractivity contribution in [3.05, 3.63) is 35.6 Å². The van der Waals surface area contributed by atoms with E-state index in [-0.39, 0.29) is 41.1 Å². The van der Waals surface area contributed by atoms with Crippen LogP contribution in [-0.2, 0) is 4.79 Å². The van der Waals surface area contributed by atoms with Crippen LogP contribution < -0.4 is 10.6 Å². The quantitative estimate of drug-likeness (QED) is 0.586. The standard InChI is InChI=1S/C23H37FN2O2.ClH/c1-22(2,3)21(28)26-19-11-9-16(10-12-19)14-23(4,5)25-15-20(27)17-7-6-8-18(24)13-17;/h6-8,13,16,19-20,25,27H,9-12,14-15H2,1-5H3,(H,26,28);1H/t16?,19?,20-;/m0./s1. The number of nitrogens with one attached hydrogen (secondary N) is 2. The smallest absolute Gasteiger partial charge is 0.225 e. The van der Waals surface area contributed by atoms with E-state index < -0.39 is 6.10 Å². The maximum Gasteiger partial charge on any atom is 0.225 e. The van der Waals surface area contributed by atoms with E-state index in [1.54, 1.807) is 12.1 Å². The fourth-order valence-corrected chi connectivity index (χ4v) is 3.91. The minimum Gasteiger partial charge on any atom is -0.387 e. The lowest BCUT2D eigenvalue weighted by molar-refractivity contribution is -0.129. The van der Waals surface area contributed by atoms with Gasteiger partial charge in [0.2, 0.25) is 5.91 Å². The normalized spacial score (nSPS) is 21.2. The van der Waals surface area contributed by atoms with Gasteiger partial charge in [-0.1, -0.05) is 32.9 Å². The lowest BCUT2D eigenvalue weighted by atomic mass is 9.78. The third-order valence-electron chi connectivity index (χ3n) is 5.67. The number of rotatable bonds is 7. The molecule has 0 bridgehead atoms. The molecule has 0 aliphatic heterocycles. The maximum atomic E-state index is 13.3. The third-order valence-corrected chi connectivity index (χ3v) is 5.67. The Morgan fingerprint density at radius 3 is 2.34 bits per heavy atom. The number of β-amino-alcohol motifs (C(OH)–C–C–N with tert-alkyl or cyclic N) is 1. The number of aliphatic hydroxyl groups is 1. The summed E-state index contributed by atoms with van der Waals surface area (Å²) in [6, 6.07) is 6.42. The van der Waals surface area contributed by atoms with Gasteiger partial charge in [-0.3, -0.25) is 4.79 Å². The average Bonchev–Trinajstić information content (AvgIpc) is 2.60. The summed E-state index contributed by atoms with van der Waals surface area (Å²) >= 11 is 0. The lowest BCUT2D eigenvalue weighted by Crippen LogP contribution is -2.46. The molecule has 1 aromatic rings. The molecular weight excluding hydrogens is 391 g/mol. The Hall–Kier alpha value is -1.17. The molecule has 166 valence electrons. The van der Waals surface area contributed by atoms with E-state index in [2.05, 4.69) is 24.5 Å². The minimum atomic E-state index is -0.724. The molecule has 1 amide bonds. The zero-order valence-corrected chi connectivity index (χ0v) is 19.2. The molecule has 29 heavy (non-hydrogen) atoms. The second-order valence-corrected chi connectivity index (χ2v) is 9.98. The van der Waals surface area contributed by atoms with Crippen molar-refractivity contribution in [2.75, 3.05) is 6.54 Å². The van der Waals surface area contributed by atoms with Gasteiger partial charge in [0.15, 0.2) is 0 Å². The molecule has 0 aromatic heterocycles. The van der Waals surface area contributed by atoms with Crippen molar-refractivity contribution < 1.29 is 14.3 Å². The SMILES string of the molecule is CC(C)(CC1CCC(NC(=O)C(C)(C)C)CC1)NC[C@H](O)c1cccc(F)c1.Cl. The summed E-state index contributed by atoms with van der Waals surface area (Å²) in [5.41, 5.74) is 0.143. The van der Waals surface area contributed by atoms with Gasteiger partial charge in [0.05, 0.1) is 6.10 Å². The second-order valence-electron chi connectivity index (χ2n) is 9.98. The number of halogens is 2. The van der Waals surface area contributed by atoms with Crippen LogP contribution in [0.4, 0.5) is 4.39 Å². The van der Waals surface area contributed by atoms with Gasteiger partial charge in [0.1, 0.15) is 5.82 Å². The highest BCUT2D eigenvalue weighted by Gasteiger charge is 2.30. The van der Waals surface area contributed by atoms with Gasteiger partial charge < -0.3 is 15.7 Å². The highest BCUT2D eigenvalue weighted by atomic mass is 35.5. The number of hydrogen-bond donors (Lipinski definition) is 3. The molecule has 0 heterocycles. The summed E-state index contributed by atoms with van der Waals surface area (Å²) in [6.45, 7) is 10.5. The Balaban J connectivity index is 0.00000420. The first kappa shape index (κ1) is 25.9. The largest absolute Gasteiger partial charge is 0.387 e. The van der Waals surface area contributed by atoms with Crippen LogP contribution in [0.15, 0.2) is 24.3 Å². The van der Waals surface area contributed by atoms with Crippen LogP contribution >= 0.6 is 12.4 Å². The number of carbonyl (C=O) groups excluding carboxylic acids is 1. The first-order chi connectivity index (χ1) is 13.0. The van der Waals surface area contributed by atoms with Gasteiger partial charge in [-0.2, -0.15) is 0 Å². The van der Waals surface area contributed by atoms with E-state index in [1.807, 2.05) is 20.8 Å². The zero-order valence-electron chi connectivity index (χ0n) is 18.4. The molecule has 1 atom stereocenters. The fraction of sp³-hybridized carbons (Fsp3) is 0.696. The summed E-state index contributed by atoms with van der Waals surface area (Å²) < 4.78 is 13.3. The maximum absolute atomic E-state index is 13.3. The fourth-order valence-electron chi connectivity index (χ4n) is 3.91. The van der Waals surface area contributed by atoms with Crippen LogP contribution in [0, 0.1) is 17.2 Å². The van der Waals surface area contributed by atoms with Gasteiger partial charge in [-0.15, -0.1) is 12.4 Å². The number of benzene rings is 1. The molecule has 2 rings (SSSR count). The summed E-state index contributed by atoms with van der Waals surface area (Å²) in [5, 5.41) is 17.0. The van der Waals surface area contributed by atoms with Crippen molar-refractivity contribution in [1.82, 2.24) is 10.6 Å². The average molecular weight is 429 g/mol. The zero-order chi connectivity index (χ0) is 20.9. The van der Waals surface area contributed by atoms with Crippen LogP contribution in [0.1, 0.15) is 78.4 Å². The summed E-state index contributed by atoms with van der Waals surface area (Å²) in [4.78, 5) is 12.2. The number of aliphatic hydroxyl groups excluding tert-OH is 1. The molecule has 0 radical (unpaired) electrons. The molecule has 1 aromatic carbocycles.